The number of halogens is 1. The quantitative estimate of drug-likeness (QED) is 0.291. The van der Waals surface area contributed by atoms with E-state index in [-0.39, 0.29) is 5.97 Å². The number of esters is 1. The highest BCUT2D eigenvalue weighted by Gasteiger charge is 2.13. The van der Waals surface area contributed by atoms with Crippen molar-refractivity contribution < 1.29 is 14.3 Å². The molecular weight excluding hydrogens is 380 g/mol. The summed E-state index contributed by atoms with van der Waals surface area (Å²) in [6.07, 6.45) is 3.18. The van der Waals surface area contributed by atoms with Crippen LogP contribution in [0.3, 0.4) is 0 Å². The molecule has 0 bridgehead atoms. The van der Waals surface area contributed by atoms with Gasteiger partial charge in [0.05, 0.1) is 16.6 Å². The Bertz CT molecular complexity index is 695. The molecule has 0 heterocycles. The Labute approximate surface area is 158 Å². The highest BCUT2D eigenvalue weighted by molar-refractivity contribution is 9.10. The summed E-state index contributed by atoms with van der Waals surface area (Å²) < 4.78 is 11.9. The molecule has 3 nitrogen and oxygen atoms in total. The Morgan fingerprint density at radius 3 is 2.44 bits per heavy atom. The average Bonchev–Trinajstić information content (AvgIpc) is 2.63. The van der Waals surface area contributed by atoms with Crippen LogP contribution in [0.1, 0.15) is 61.9 Å². The van der Waals surface area contributed by atoms with Crippen molar-refractivity contribution in [3.63, 3.8) is 0 Å². The molecule has 1 unspecified atom stereocenters. The minimum atomic E-state index is -0.378. The Kier molecular flexibility index (Phi) is 7.51. The normalized spacial score (nSPS) is 11.8. The van der Waals surface area contributed by atoms with Crippen LogP contribution in [0.2, 0.25) is 0 Å². The van der Waals surface area contributed by atoms with E-state index in [2.05, 4.69) is 36.7 Å². The highest BCUT2D eigenvalue weighted by Crippen LogP contribution is 2.30. The minimum Gasteiger partial charge on any atom is -0.494 e. The van der Waals surface area contributed by atoms with Gasteiger partial charge >= 0.3 is 5.97 Å². The maximum absolute atomic E-state index is 12.3. The number of carbonyl (C=O) groups is 1. The fourth-order valence-electron chi connectivity index (χ4n) is 2.32. The molecule has 25 heavy (non-hydrogen) atoms. The second-order valence-corrected chi connectivity index (χ2v) is 6.97. The number of benzene rings is 2. The van der Waals surface area contributed by atoms with Gasteiger partial charge in [-0.2, -0.15) is 0 Å². The van der Waals surface area contributed by atoms with Gasteiger partial charge < -0.3 is 9.47 Å². The first-order chi connectivity index (χ1) is 12.0. The molecule has 0 aromatic heterocycles. The molecule has 0 aliphatic rings. The van der Waals surface area contributed by atoms with Crippen molar-refractivity contribution in [2.75, 3.05) is 6.61 Å². The number of ether oxygens (including phenoxy) is 2. The lowest BCUT2D eigenvalue weighted by molar-refractivity contribution is 0.0733. The summed E-state index contributed by atoms with van der Waals surface area (Å²) in [6.45, 7) is 7.14. The molecule has 2 aromatic rings. The van der Waals surface area contributed by atoms with Crippen molar-refractivity contribution >= 4 is 21.9 Å². The van der Waals surface area contributed by atoms with E-state index >= 15 is 0 Å². The van der Waals surface area contributed by atoms with Gasteiger partial charge in [0.1, 0.15) is 11.5 Å². The minimum absolute atomic E-state index is 0.378. The van der Waals surface area contributed by atoms with Crippen molar-refractivity contribution in [3.8, 4) is 11.5 Å². The topological polar surface area (TPSA) is 35.5 Å². The predicted octanol–water partition coefficient (Wildman–Crippen LogP) is 6.36. The average molecular weight is 405 g/mol. The maximum Gasteiger partial charge on any atom is 0.343 e. The SMILES string of the molecule is CCCCOc1ccc(C(=O)Oc2ccc(C(C)CC)cc2Br)cc1. The second-order valence-electron chi connectivity index (χ2n) is 6.12. The van der Waals surface area contributed by atoms with Crippen molar-refractivity contribution in [3.05, 3.63) is 58.1 Å². The summed E-state index contributed by atoms with van der Waals surface area (Å²) in [5, 5.41) is 0. The van der Waals surface area contributed by atoms with E-state index in [1.807, 2.05) is 18.2 Å². The van der Waals surface area contributed by atoms with Crippen molar-refractivity contribution in [2.45, 2.75) is 46.0 Å². The van der Waals surface area contributed by atoms with E-state index in [9.17, 15) is 4.79 Å². The van der Waals surface area contributed by atoms with Crippen LogP contribution in [0.4, 0.5) is 0 Å². The van der Waals surface area contributed by atoms with Crippen LogP contribution in [0.25, 0.3) is 0 Å². The molecule has 4 heteroatoms. The van der Waals surface area contributed by atoms with Gasteiger partial charge in [0.2, 0.25) is 0 Å². The summed E-state index contributed by atoms with van der Waals surface area (Å²) in [5.41, 5.74) is 1.73. The van der Waals surface area contributed by atoms with Crippen LogP contribution in [0, 0.1) is 0 Å². The molecule has 0 amide bonds. The first kappa shape index (κ1) is 19.5. The Morgan fingerprint density at radius 2 is 1.84 bits per heavy atom. The van der Waals surface area contributed by atoms with Crippen molar-refractivity contribution in [1.29, 1.82) is 0 Å². The molecule has 0 saturated carbocycles. The van der Waals surface area contributed by atoms with Gasteiger partial charge in [-0.1, -0.05) is 33.3 Å². The number of unbranched alkanes of at least 4 members (excludes halogenated alkanes) is 1. The summed E-state index contributed by atoms with van der Waals surface area (Å²) in [6, 6.07) is 12.9. The van der Waals surface area contributed by atoms with Crippen molar-refractivity contribution in [1.82, 2.24) is 0 Å². The van der Waals surface area contributed by atoms with Crippen molar-refractivity contribution in [2.24, 2.45) is 0 Å². The van der Waals surface area contributed by atoms with E-state index in [0.717, 1.165) is 29.5 Å². The zero-order valence-corrected chi connectivity index (χ0v) is 16.6. The standard InChI is InChI=1S/C21H25BrO3/c1-4-6-13-24-18-10-7-16(8-11-18)21(23)25-20-12-9-17(14-19(20)22)15(3)5-2/h7-12,14-15H,4-6,13H2,1-3H3. The molecular formula is C21H25BrO3. The van der Waals surface area contributed by atoms with Crippen LogP contribution < -0.4 is 9.47 Å². The molecule has 0 aliphatic heterocycles. The van der Waals surface area contributed by atoms with E-state index < -0.39 is 0 Å². The molecule has 2 aromatic carbocycles. The van der Waals surface area contributed by atoms with Crippen LogP contribution in [0.5, 0.6) is 11.5 Å². The third-order valence-electron chi connectivity index (χ3n) is 4.20. The van der Waals surface area contributed by atoms with Gasteiger partial charge in [0.25, 0.3) is 0 Å². The molecule has 0 aliphatic carbocycles. The van der Waals surface area contributed by atoms with Gasteiger partial charge in [0.15, 0.2) is 0 Å². The maximum atomic E-state index is 12.3. The molecule has 0 fully saturated rings. The summed E-state index contributed by atoms with van der Waals surface area (Å²) in [7, 11) is 0. The van der Waals surface area contributed by atoms with Gasteiger partial charge in [-0.25, -0.2) is 4.79 Å². The van der Waals surface area contributed by atoms with Gasteiger partial charge in [-0.3, -0.25) is 0 Å². The number of hydrogen-bond acceptors (Lipinski definition) is 3. The molecule has 134 valence electrons. The Balaban J connectivity index is 2.01. The van der Waals surface area contributed by atoms with E-state index in [4.69, 9.17) is 9.47 Å². The first-order valence-electron chi connectivity index (χ1n) is 8.79. The summed E-state index contributed by atoms with van der Waals surface area (Å²) in [4.78, 5) is 12.3. The number of rotatable bonds is 8. The molecule has 0 radical (unpaired) electrons. The van der Waals surface area contributed by atoms with Crippen LogP contribution in [0.15, 0.2) is 46.9 Å². The van der Waals surface area contributed by atoms with Crippen LogP contribution in [-0.4, -0.2) is 12.6 Å². The Hall–Kier alpha value is -1.81. The zero-order chi connectivity index (χ0) is 18.2. The zero-order valence-electron chi connectivity index (χ0n) is 15.0. The molecule has 1 atom stereocenters. The summed E-state index contributed by atoms with van der Waals surface area (Å²) in [5.74, 6) is 1.39. The fraction of sp³-hybridized carbons (Fsp3) is 0.381. The molecule has 2 rings (SSSR count). The smallest absolute Gasteiger partial charge is 0.343 e. The van der Waals surface area contributed by atoms with Gasteiger partial charge in [-0.15, -0.1) is 0 Å². The second kappa shape index (κ2) is 9.62. The van der Waals surface area contributed by atoms with E-state index in [1.165, 1.54) is 5.56 Å². The van der Waals surface area contributed by atoms with Gasteiger partial charge in [0, 0.05) is 0 Å². The predicted molar refractivity (Wildman–Crippen MR) is 105 cm³/mol. The van der Waals surface area contributed by atoms with E-state index in [0.29, 0.717) is 23.8 Å². The monoisotopic (exact) mass is 404 g/mol. The Morgan fingerprint density at radius 1 is 1.12 bits per heavy atom. The fourth-order valence-corrected chi connectivity index (χ4v) is 2.80. The molecule has 0 spiro atoms. The third kappa shape index (κ3) is 5.60. The largest absolute Gasteiger partial charge is 0.494 e. The molecule has 0 N–H and O–H groups in total. The third-order valence-corrected chi connectivity index (χ3v) is 4.82. The number of carbonyl (C=O) groups excluding carboxylic acids is 1. The molecule has 0 saturated heterocycles. The van der Waals surface area contributed by atoms with Crippen LogP contribution >= 0.6 is 15.9 Å². The van der Waals surface area contributed by atoms with Crippen LogP contribution in [-0.2, 0) is 0 Å². The van der Waals surface area contributed by atoms with E-state index in [1.54, 1.807) is 24.3 Å². The number of hydrogen-bond donors (Lipinski definition) is 0. The lowest BCUT2D eigenvalue weighted by atomic mass is 9.99. The summed E-state index contributed by atoms with van der Waals surface area (Å²) >= 11 is 3.50. The highest BCUT2D eigenvalue weighted by atomic mass is 79.9. The lowest BCUT2D eigenvalue weighted by Gasteiger charge is -2.12. The van der Waals surface area contributed by atoms with Gasteiger partial charge in [-0.05, 0) is 76.7 Å². The lowest BCUT2D eigenvalue weighted by Crippen LogP contribution is -2.09. The first-order valence-corrected chi connectivity index (χ1v) is 9.59.